The molecule has 2 heterocycles. The molecule has 0 spiro atoms. The van der Waals surface area contributed by atoms with Gasteiger partial charge in [0.1, 0.15) is 11.4 Å². The van der Waals surface area contributed by atoms with Gasteiger partial charge in [0, 0.05) is 39.2 Å². The van der Waals surface area contributed by atoms with Gasteiger partial charge in [0.2, 0.25) is 0 Å². The predicted octanol–water partition coefficient (Wildman–Crippen LogP) is 2.00. The van der Waals surface area contributed by atoms with Crippen molar-refractivity contribution in [2.75, 3.05) is 19.8 Å². The van der Waals surface area contributed by atoms with E-state index in [4.69, 9.17) is 4.74 Å². The summed E-state index contributed by atoms with van der Waals surface area (Å²) in [6, 6.07) is 3.83. The Labute approximate surface area is 131 Å². The van der Waals surface area contributed by atoms with Crippen molar-refractivity contribution in [3.8, 4) is 5.82 Å². The van der Waals surface area contributed by atoms with Gasteiger partial charge in [-0.2, -0.15) is 5.10 Å². The molecule has 22 heavy (non-hydrogen) atoms. The minimum atomic E-state index is -0.111. The van der Waals surface area contributed by atoms with Crippen LogP contribution in [0.3, 0.4) is 0 Å². The number of hydrogen-bond donors (Lipinski definition) is 1. The van der Waals surface area contributed by atoms with Crippen molar-refractivity contribution in [3.05, 3.63) is 36.3 Å². The predicted molar refractivity (Wildman–Crippen MR) is 85.1 cm³/mol. The van der Waals surface area contributed by atoms with Crippen LogP contribution < -0.4 is 5.32 Å². The maximum absolute atomic E-state index is 12.3. The summed E-state index contributed by atoms with van der Waals surface area (Å²) >= 11 is 0. The maximum Gasteiger partial charge on any atom is 0.256 e. The summed E-state index contributed by atoms with van der Waals surface area (Å²) in [5.74, 6) is 1.19. The number of amides is 1. The molecule has 0 aliphatic rings. The number of aryl methyl sites for hydroxylation is 1. The summed E-state index contributed by atoms with van der Waals surface area (Å²) < 4.78 is 9.08. The zero-order valence-corrected chi connectivity index (χ0v) is 13.5. The third-order valence-electron chi connectivity index (χ3n) is 3.20. The standard InChI is InChI=1S/C16H24N4O2/c1-13(2)12-22-10-6-7-17-15(21)14-11-18-19(3)16(14)20-8-4-5-9-20/h4-5,8-9,11,13H,6-7,10,12H2,1-3H3,(H,17,21). The molecule has 6 heteroatoms. The molecule has 1 amide bonds. The smallest absolute Gasteiger partial charge is 0.256 e. The van der Waals surface area contributed by atoms with Crippen LogP contribution in [0.15, 0.2) is 30.7 Å². The van der Waals surface area contributed by atoms with E-state index in [9.17, 15) is 4.79 Å². The number of hydrogen-bond acceptors (Lipinski definition) is 3. The molecule has 2 aromatic rings. The minimum absolute atomic E-state index is 0.111. The Bertz CT molecular complexity index is 587. The van der Waals surface area contributed by atoms with E-state index in [1.54, 1.807) is 10.9 Å². The van der Waals surface area contributed by atoms with Crippen molar-refractivity contribution in [1.29, 1.82) is 0 Å². The number of rotatable bonds is 8. The molecule has 1 N–H and O–H groups in total. The van der Waals surface area contributed by atoms with Crippen molar-refractivity contribution in [2.45, 2.75) is 20.3 Å². The second-order valence-electron chi connectivity index (χ2n) is 5.67. The number of nitrogens with one attached hydrogen (secondary N) is 1. The lowest BCUT2D eigenvalue weighted by molar-refractivity contribution is 0.0925. The molecule has 0 atom stereocenters. The molecule has 0 unspecified atom stereocenters. The van der Waals surface area contributed by atoms with E-state index in [0.717, 1.165) is 18.8 Å². The first-order chi connectivity index (χ1) is 10.6. The van der Waals surface area contributed by atoms with Gasteiger partial charge in [-0.25, -0.2) is 0 Å². The van der Waals surface area contributed by atoms with Gasteiger partial charge in [0.25, 0.3) is 5.91 Å². The second kappa shape index (κ2) is 7.79. The van der Waals surface area contributed by atoms with Crippen LogP contribution in [0.4, 0.5) is 0 Å². The molecule has 0 aliphatic heterocycles. The first-order valence-electron chi connectivity index (χ1n) is 7.61. The lowest BCUT2D eigenvalue weighted by Crippen LogP contribution is -2.26. The number of carbonyl (C=O) groups is 1. The van der Waals surface area contributed by atoms with Crippen LogP contribution in [0.2, 0.25) is 0 Å². The lowest BCUT2D eigenvalue weighted by Gasteiger charge is -2.09. The fourth-order valence-electron chi connectivity index (χ4n) is 2.16. The van der Waals surface area contributed by atoms with Crippen LogP contribution in [0.1, 0.15) is 30.6 Å². The lowest BCUT2D eigenvalue weighted by atomic mass is 10.2. The molecular weight excluding hydrogens is 280 g/mol. The van der Waals surface area contributed by atoms with E-state index in [-0.39, 0.29) is 5.91 Å². The van der Waals surface area contributed by atoms with E-state index in [1.165, 1.54) is 0 Å². The van der Waals surface area contributed by atoms with E-state index < -0.39 is 0 Å². The molecule has 0 bridgehead atoms. The van der Waals surface area contributed by atoms with Gasteiger partial charge < -0.3 is 14.6 Å². The van der Waals surface area contributed by atoms with Crippen LogP contribution >= 0.6 is 0 Å². The van der Waals surface area contributed by atoms with E-state index in [2.05, 4.69) is 24.3 Å². The van der Waals surface area contributed by atoms with Gasteiger partial charge in [-0.3, -0.25) is 9.48 Å². The van der Waals surface area contributed by atoms with Crippen molar-refractivity contribution in [3.63, 3.8) is 0 Å². The van der Waals surface area contributed by atoms with Gasteiger partial charge in [0.05, 0.1) is 6.20 Å². The first kappa shape index (κ1) is 16.3. The van der Waals surface area contributed by atoms with Crippen LogP contribution in [-0.2, 0) is 11.8 Å². The Hall–Kier alpha value is -2.08. The fraction of sp³-hybridized carbons (Fsp3) is 0.500. The van der Waals surface area contributed by atoms with Gasteiger partial charge in [0.15, 0.2) is 0 Å². The minimum Gasteiger partial charge on any atom is -0.381 e. The summed E-state index contributed by atoms with van der Waals surface area (Å²) in [6.07, 6.45) is 6.19. The van der Waals surface area contributed by atoms with Crippen LogP contribution in [0.25, 0.3) is 5.82 Å². The SMILES string of the molecule is CC(C)COCCCNC(=O)c1cnn(C)c1-n1cccc1. The van der Waals surface area contributed by atoms with Gasteiger partial charge in [-0.15, -0.1) is 0 Å². The molecule has 6 nitrogen and oxygen atoms in total. The molecule has 0 saturated heterocycles. The van der Waals surface area contributed by atoms with E-state index >= 15 is 0 Å². The van der Waals surface area contributed by atoms with Crippen LogP contribution in [0, 0.1) is 5.92 Å². The van der Waals surface area contributed by atoms with E-state index in [0.29, 0.717) is 24.6 Å². The number of aromatic nitrogens is 3. The van der Waals surface area contributed by atoms with Crippen molar-refractivity contribution < 1.29 is 9.53 Å². The molecular formula is C16H24N4O2. The largest absolute Gasteiger partial charge is 0.381 e. The molecule has 2 rings (SSSR count). The molecule has 0 aliphatic carbocycles. The number of carbonyl (C=O) groups excluding carboxylic acids is 1. The summed E-state index contributed by atoms with van der Waals surface area (Å²) in [5, 5.41) is 7.10. The average Bonchev–Trinajstić information content (AvgIpc) is 3.10. The van der Waals surface area contributed by atoms with E-state index in [1.807, 2.05) is 36.1 Å². The summed E-state index contributed by atoms with van der Waals surface area (Å²) in [5.41, 5.74) is 0.571. The third kappa shape index (κ3) is 4.21. The summed E-state index contributed by atoms with van der Waals surface area (Å²) in [6.45, 7) is 6.25. The third-order valence-corrected chi connectivity index (χ3v) is 3.20. The van der Waals surface area contributed by atoms with Crippen molar-refractivity contribution in [2.24, 2.45) is 13.0 Å². The fourth-order valence-corrected chi connectivity index (χ4v) is 2.16. The zero-order chi connectivity index (χ0) is 15.9. The Morgan fingerprint density at radius 3 is 2.77 bits per heavy atom. The van der Waals surface area contributed by atoms with Crippen LogP contribution in [-0.4, -0.2) is 40.0 Å². The Balaban J connectivity index is 1.86. The van der Waals surface area contributed by atoms with Gasteiger partial charge >= 0.3 is 0 Å². The topological polar surface area (TPSA) is 61.1 Å². The Morgan fingerprint density at radius 1 is 1.36 bits per heavy atom. The van der Waals surface area contributed by atoms with Gasteiger partial charge in [-0.05, 0) is 24.5 Å². The molecule has 120 valence electrons. The van der Waals surface area contributed by atoms with Crippen molar-refractivity contribution >= 4 is 5.91 Å². The van der Waals surface area contributed by atoms with Crippen molar-refractivity contribution in [1.82, 2.24) is 19.7 Å². The Kier molecular flexibility index (Phi) is 5.77. The monoisotopic (exact) mass is 304 g/mol. The normalized spacial score (nSPS) is 11.1. The zero-order valence-electron chi connectivity index (χ0n) is 13.5. The molecule has 0 fully saturated rings. The van der Waals surface area contributed by atoms with Crippen LogP contribution in [0.5, 0.6) is 0 Å². The highest BCUT2D eigenvalue weighted by Gasteiger charge is 2.16. The second-order valence-corrected chi connectivity index (χ2v) is 5.67. The number of nitrogens with zero attached hydrogens (tertiary/aromatic N) is 3. The highest BCUT2D eigenvalue weighted by molar-refractivity contribution is 5.97. The summed E-state index contributed by atoms with van der Waals surface area (Å²) in [7, 11) is 1.83. The number of ether oxygens (including phenoxy) is 1. The molecule has 0 radical (unpaired) electrons. The first-order valence-corrected chi connectivity index (χ1v) is 7.61. The quantitative estimate of drug-likeness (QED) is 0.759. The summed E-state index contributed by atoms with van der Waals surface area (Å²) in [4.78, 5) is 12.3. The maximum atomic E-state index is 12.3. The average molecular weight is 304 g/mol. The Morgan fingerprint density at radius 2 is 2.09 bits per heavy atom. The highest BCUT2D eigenvalue weighted by Crippen LogP contribution is 2.13. The molecule has 2 aromatic heterocycles. The molecule has 0 saturated carbocycles. The van der Waals surface area contributed by atoms with Gasteiger partial charge in [-0.1, -0.05) is 13.8 Å². The molecule has 0 aromatic carbocycles. The highest BCUT2D eigenvalue weighted by atomic mass is 16.5.